The highest BCUT2D eigenvalue weighted by Gasteiger charge is 2.26. The van der Waals surface area contributed by atoms with E-state index < -0.39 is 12.1 Å². The summed E-state index contributed by atoms with van der Waals surface area (Å²) in [5.41, 5.74) is 0. The quantitative estimate of drug-likeness (QED) is 0.499. The van der Waals surface area contributed by atoms with Gasteiger partial charge in [-0.2, -0.15) is 0 Å². The Morgan fingerprint density at radius 1 is 1.58 bits per heavy atom. The number of rotatable bonds is 2. The highest BCUT2D eigenvalue weighted by Crippen LogP contribution is 2.12. The van der Waals surface area contributed by atoms with E-state index in [0.717, 1.165) is 6.42 Å². The molecule has 4 nitrogen and oxygen atoms in total. The van der Waals surface area contributed by atoms with Gasteiger partial charge in [-0.05, 0) is 12.3 Å². The monoisotopic (exact) mass is 171 g/mol. The molecule has 68 valence electrons. The topological polar surface area (TPSA) is 55.4 Å². The zero-order valence-electron chi connectivity index (χ0n) is 7.29. The summed E-state index contributed by atoms with van der Waals surface area (Å²) in [6, 6.07) is -0.0428. The summed E-state index contributed by atoms with van der Waals surface area (Å²) in [6.45, 7) is 4.10. The summed E-state index contributed by atoms with van der Waals surface area (Å²) in [5, 5.41) is 2.60. The van der Waals surface area contributed by atoms with Crippen LogP contribution in [0, 0.1) is 5.92 Å². The number of cyclic esters (lactones) is 2. The smallest absolute Gasteiger partial charge is 0.376 e. The summed E-state index contributed by atoms with van der Waals surface area (Å²) in [4.78, 5) is 21.5. The van der Waals surface area contributed by atoms with E-state index >= 15 is 0 Å². The maximum absolute atomic E-state index is 10.8. The Hall–Kier alpha value is -1.06. The van der Waals surface area contributed by atoms with Crippen LogP contribution in [0.15, 0.2) is 0 Å². The normalized spacial score (nSPS) is 23.8. The van der Waals surface area contributed by atoms with Crippen molar-refractivity contribution < 1.29 is 14.3 Å². The molecule has 0 bridgehead atoms. The molecule has 1 N–H and O–H groups in total. The van der Waals surface area contributed by atoms with E-state index in [1.54, 1.807) is 0 Å². The van der Waals surface area contributed by atoms with Gasteiger partial charge in [0.1, 0.15) is 0 Å². The predicted molar refractivity (Wildman–Crippen MR) is 42.5 cm³/mol. The van der Waals surface area contributed by atoms with E-state index in [9.17, 15) is 9.59 Å². The highest BCUT2D eigenvalue weighted by molar-refractivity contribution is 5.87. The molecule has 0 aromatic carbocycles. The van der Waals surface area contributed by atoms with Gasteiger partial charge >= 0.3 is 12.1 Å². The van der Waals surface area contributed by atoms with Gasteiger partial charge in [0.05, 0.1) is 6.42 Å². The fourth-order valence-electron chi connectivity index (χ4n) is 1.30. The number of hydrogen-bond donors (Lipinski definition) is 1. The minimum absolute atomic E-state index is 0.0428. The molecule has 0 spiro atoms. The Kier molecular flexibility index (Phi) is 2.68. The highest BCUT2D eigenvalue weighted by atomic mass is 16.6. The fraction of sp³-hybridized carbons (Fsp3) is 0.750. The van der Waals surface area contributed by atoms with Crippen LogP contribution in [0.1, 0.15) is 26.7 Å². The van der Waals surface area contributed by atoms with Crippen LogP contribution in [0.25, 0.3) is 0 Å². The lowest BCUT2D eigenvalue weighted by molar-refractivity contribution is -0.140. The van der Waals surface area contributed by atoms with Gasteiger partial charge in [0.15, 0.2) is 0 Å². The molecule has 1 aliphatic heterocycles. The number of nitrogens with one attached hydrogen (secondary N) is 1. The van der Waals surface area contributed by atoms with E-state index in [1.165, 1.54) is 0 Å². The maximum Gasteiger partial charge on any atom is 0.415 e. The second-order valence-electron chi connectivity index (χ2n) is 3.44. The third-order valence-electron chi connectivity index (χ3n) is 1.70. The van der Waals surface area contributed by atoms with Gasteiger partial charge in [-0.15, -0.1) is 0 Å². The van der Waals surface area contributed by atoms with Crippen molar-refractivity contribution in [3.8, 4) is 0 Å². The Morgan fingerprint density at radius 3 is 2.75 bits per heavy atom. The molecule has 0 saturated carbocycles. The molecule has 1 fully saturated rings. The van der Waals surface area contributed by atoms with E-state index in [4.69, 9.17) is 0 Å². The number of carbonyl (C=O) groups excluding carboxylic acids is 2. The minimum atomic E-state index is -0.614. The lowest BCUT2D eigenvalue weighted by Crippen LogP contribution is -2.44. The van der Waals surface area contributed by atoms with Gasteiger partial charge in [0.2, 0.25) is 0 Å². The van der Waals surface area contributed by atoms with Crippen LogP contribution in [-0.2, 0) is 9.53 Å². The minimum Gasteiger partial charge on any atom is -0.376 e. The number of ether oxygens (including phenoxy) is 1. The van der Waals surface area contributed by atoms with Gasteiger partial charge in [0, 0.05) is 6.04 Å². The lowest BCUT2D eigenvalue weighted by atomic mass is 10.0. The van der Waals surface area contributed by atoms with Gasteiger partial charge in [-0.1, -0.05) is 13.8 Å². The lowest BCUT2D eigenvalue weighted by Gasteiger charge is -2.22. The average Bonchev–Trinajstić information content (AvgIpc) is 1.81. The molecule has 12 heavy (non-hydrogen) atoms. The van der Waals surface area contributed by atoms with Crippen molar-refractivity contribution in [1.82, 2.24) is 5.32 Å². The first-order chi connectivity index (χ1) is 5.58. The van der Waals surface area contributed by atoms with Gasteiger partial charge in [-0.25, -0.2) is 4.79 Å². The van der Waals surface area contributed by atoms with Crippen molar-refractivity contribution in [2.24, 2.45) is 5.92 Å². The number of carbonyl (C=O) groups is 2. The molecule has 4 heteroatoms. The van der Waals surface area contributed by atoms with E-state index in [-0.39, 0.29) is 6.04 Å². The molecular weight excluding hydrogens is 158 g/mol. The first-order valence-corrected chi connectivity index (χ1v) is 4.09. The summed E-state index contributed by atoms with van der Waals surface area (Å²) in [5.74, 6) is 0.0469. The third-order valence-corrected chi connectivity index (χ3v) is 1.70. The molecular formula is C8H13NO3. The molecule has 1 heterocycles. The zero-order chi connectivity index (χ0) is 9.14. The SMILES string of the molecule is CC(C)C[C@H]1CC(=O)OC(=O)N1. The molecule has 1 atom stereocenters. The zero-order valence-corrected chi connectivity index (χ0v) is 7.29. The van der Waals surface area contributed by atoms with E-state index in [1.807, 2.05) is 13.8 Å². The first-order valence-electron chi connectivity index (χ1n) is 4.09. The second-order valence-corrected chi connectivity index (χ2v) is 3.44. The van der Waals surface area contributed by atoms with Crippen molar-refractivity contribution in [2.75, 3.05) is 0 Å². The average molecular weight is 171 g/mol. The van der Waals surface area contributed by atoms with Crippen molar-refractivity contribution in [3.05, 3.63) is 0 Å². The van der Waals surface area contributed by atoms with Crippen molar-refractivity contribution in [3.63, 3.8) is 0 Å². The number of amides is 1. The maximum atomic E-state index is 10.8. The molecule has 1 aliphatic rings. The predicted octanol–water partition coefficient (Wildman–Crippen LogP) is 1.06. The Labute approximate surface area is 71.3 Å². The van der Waals surface area contributed by atoms with Crippen LogP contribution < -0.4 is 5.32 Å². The van der Waals surface area contributed by atoms with E-state index in [0.29, 0.717) is 12.3 Å². The Bertz CT molecular complexity index is 184. The van der Waals surface area contributed by atoms with Crippen LogP contribution in [-0.4, -0.2) is 18.1 Å². The largest absolute Gasteiger partial charge is 0.415 e. The van der Waals surface area contributed by atoms with E-state index in [2.05, 4.69) is 10.1 Å². The number of hydrogen-bond acceptors (Lipinski definition) is 3. The molecule has 0 aromatic rings. The Morgan fingerprint density at radius 2 is 2.25 bits per heavy atom. The van der Waals surface area contributed by atoms with Gasteiger partial charge in [-0.3, -0.25) is 4.79 Å². The van der Waals surface area contributed by atoms with Crippen molar-refractivity contribution in [1.29, 1.82) is 0 Å². The van der Waals surface area contributed by atoms with Crippen LogP contribution in [0.3, 0.4) is 0 Å². The second kappa shape index (κ2) is 3.56. The molecule has 1 saturated heterocycles. The standard InChI is InChI=1S/C8H13NO3/c1-5(2)3-6-4-7(10)12-8(11)9-6/h5-6H,3-4H2,1-2H3,(H,9,11)/t6-/m0/s1. The van der Waals surface area contributed by atoms with Gasteiger partial charge in [0.25, 0.3) is 0 Å². The first kappa shape index (κ1) is 9.03. The third kappa shape index (κ3) is 2.53. The molecule has 0 radical (unpaired) electrons. The molecule has 0 unspecified atom stereocenters. The summed E-state index contributed by atoms with van der Waals surface area (Å²) in [7, 11) is 0. The molecule has 1 rings (SSSR count). The molecule has 1 amide bonds. The van der Waals surface area contributed by atoms with Crippen LogP contribution >= 0.6 is 0 Å². The summed E-state index contributed by atoms with van der Waals surface area (Å²) < 4.78 is 4.31. The number of esters is 1. The van der Waals surface area contributed by atoms with Crippen molar-refractivity contribution in [2.45, 2.75) is 32.7 Å². The van der Waals surface area contributed by atoms with Crippen LogP contribution in [0.4, 0.5) is 4.79 Å². The van der Waals surface area contributed by atoms with Gasteiger partial charge < -0.3 is 10.1 Å². The summed E-state index contributed by atoms with van der Waals surface area (Å²) >= 11 is 0. The Balaban J connectivity index is 2.44. The number of alkyl carbamates (subject to hydrolysis) is 1. The van der Waals surface area contributed by atoms with Crippen LogP contribution in [0.5, 0.6) is 0 Å². The van der Waals surface area contributed by atoms with Crippen molar-refractivity contribution >= 4 is 12.1 Å². The fourth-order valence-corrected chi connectivity index (χ4v) is 1.30. The van der Waals surface area contributed by atoms with Crippen LogP contribution in [0.2, 0.25) is 0 Å². The molecule has 0 aromatic heterocycles. The summed E-state index contributed by atoms with van der Waals surface area (Å²) in [6.07, 6.45) is 0.502. The molecule has 0 aliphatic carbocycles.